The van der Waals surface area contributed by atoms with E-state index in [4.69, 9.17) is 11.5 Å². The van der Waals surface area contributed by atoms with Gasteiger partial charge in [-0.25, -0.2) is 0 Å². The Kier molecular flexibility index (Phi) is 7.24. The van der Waals surface area contributed by atoms with Gasteiger partial charge in [-0.05, 0) is 36.0 Å². The molecule has 0 heterocycles. The van der Waals surface area contributed by atoms with E-state index in [-0.39, 0.29) is 11.3 Å². The Hall–Kier alpha value is -0.0800. The van der Waals surface area contributed by atoms with E-state index in [1.165, 1.54) is 12.8 Å². The highest BCUT2D eigenvalue weighted by atomic mass is 15.0. The van der Waals surface area contributed by atoms with Gasteiger partial charge in [0, 0.05) is 5.41 Å². The molecule has 0 aliphatic carbocycles. The fraction of sp³-hybridized carbons (Fsp3) is 1.00. The van der Waals surface area contributed by atoms with Gasteiger partial charge in [-0.15, -0.1) is 0 Å². The van der Waals surface area contributed by atoms with Gasteiger partial charge in [0.25, 0.3) is 0 Å². The van der Waals surface area contributed by atoms with Crippen LogP contribution in [0.5, 0.6) is 0 Å². The molecular weight excluding hydrogens is 244 g/mol. The van der Waals surface area contributed by atoms with E-state index in [2.05, 4.69) is 62.3 Å². The smallest absolute Gasteiger partial charge is 0.0725 e. The second kappa shape index (κ2) is 7.26. The Labute approximate surface area is 128 Å². The molecule has 20 heavy (non-hydrogen) atoms. The minimum absolute atomic E-state index is 0.0364. The zero-order valence-corrected chi connectivity index (χ0v) is 15.5. The molecular formula is C18H40N2. The van der Waals surface area contributed by atoms with Crippen molar-refractivity contribution in [1.82, 2.24) is 0 Å². The first-order valence-corrected chi connectivity index (χ1v) is 8.55. The van der Waals surface area contributed by atoms with Crippen LogP contribution in [0.2, 0.25) is 0 Å². The molecule has 0 aliphatic heterocycles. The molecule has 122 valence electrons. The summed E-state index contributed by atoms with van der Waals surface area (Å²) >= 11 is 0. The molecule has 1 atom stereocenters. The van der Waals surface area contributed by atoms with Gasteiger partial charge in [0.15, 0.2) is 0 Å². The van der Waals surface area contributed by atoms with Crippen LogP contribution in [-0.4, -0.2) is 5.66 Å². The lowest BCUT2D eigenvalue weighted by Crippen LogP contribution is -2.72. The highest BCUT2D eigenvalue weighted by Gasteiger charge is 2.56. The summed E-state index contributed by atoms with van der Waals surface area (Å²) in [5, 5.41) is 0. The lowest BCUT2D eigenvalue weighted by atomic mass is 9.49. The van der Waals surface area contributed by atoms with Crippen LogP contribution in [0.15, 0.2) is 0 Å². The Morgan fingerprint density at radius 2 is 1.15 bits per heavy atom. The zero-order valence-electron chi connectivity index (χ0n) is 15.5. The van der Waals surface area contributed by atoms with Crippen LogP contribution in [0.4, 0.5) is 0 Å². The number of hydrogen-bond acceptors (Lipinski definition) is 2. The maximum Gasteiger partial charge on any atom is 0.0725 e. The first-order valence-electron chi connectivity index (χ1n) is 8.55. The van der Waals surface area contributed by atoms with Crippen LogP contribution in [-0.2, 0) is 0 Å². The Bertz CT molecular complexity index is 269. The predicted octanol–water partition coefficient (Wildman–Crippen LogP) is 4.63. The first kappa shape index (κ1) is 19.9. The van der Waals surface area contributed by atoms with Crippen molar-refractivity contribution in [2.45, 2.75) is 80.8 Å². The molecule has 2 nitrogen and oxygen atoms in total. The molecule has 0 saturated heterocycles. The van der Waals surface area contributed by atoms with Crippen molar-refractivity contribution in [2.75, 3.05) is 0 Å². The molecule has 1 unspecified atom stereocenters. The van der Waals surface area contributed by atoms with Gasteiger partial charge in [0.1, 0.15) is 0 Å². The first-order chi connectivity index (χ1) is 8.97. The standard InChI is InChI=1S/C18H40N2/c1-10-11-16(12(2)3)17(13(4)5,14(6)7)18(19,20)15(8)9/h12-16H,10-11,19-20H2,1-9H3. The summed E-state index contributed by atoms with van der Waals surface area (Å²) in [7, 11) is 0. The van der Waals surface area contributed by atoms with E-state index >= 15 is 0 Å². The van der Waals surface area contributed by atoms with Crippen LogP contribution >= 0.6 is 0 Å². The second-order valence-corrected chi connectivity index (χ2v) is 7.97. The second-order valence-electron chi connectivity index (χ2n) is 7.97. The molecule has 0 fully saturated rings. The monoisotopic (exact) mass is 284 g/mol. The maximum absolute atomic E-state index is 6.79. The van der Waals surface area contributed by atoms with Crippen molar-refractivity contribution in [3.8, 4) is 0 Å². The third-order valence-corrected chi connectivity index (χ3v) is 5.63. The van der Waals surface area contributed by atoms with Crippen LogP contribution < -0.4 is 11.5 Å². The average Bonchev–Trinajstić information content (AvgIpc) is 2.26. The zero-order chi connectivity index (χ0) is 16.3. The molecule has 0 spiro atoms. The Morgan fingerprint density at radius 1 is 0.750 bits per heavy atom. The van der Waals surface area contributed by atoms with Crippen LogP contribution in [0.3, 0.4) is 0 Å². The van der Waals surface area contributed by atoms with Crippen molar-refractivity contribution in [1.29, 1.82) is 0 Å². The van der Waals surface area contributed by atoms with E-state index < -0.39 is 5.66 Å². The van der Waals surface area contributed by atoms with Gasteiger partial charge in [-0.3, -0.25) is 0 Å². The summed E-state index contributed by atoms with van der Waals surface area (Å²) in [6.45, 7) is 20.5. The molecule has 0 amide bonds. The lowest BCUT2D eigenvalue weighted by Gasteiger charge is -2.59. The fourth-order valence-electron chi connectivity index (χ4n) is 4.78. The van der Waals surface area contributed by atoms with Gasteiger partial charge >= 0.3 is 0 Å². The van der Waals surface area contributed by atoms with E-state index in [9.17, 15) is 0 Å². The molecule has 0 aromatic heterocycles. The number of hydrogen-bond donors (Lipinski definition) is 2. The minimum atomic E-state index is -0.639. The fourth-order valence-corrected chi connectivity index (χ4v) is 4.78. The van der Waals surface area contributed by atoms with E-state index in [0.29, 0.717) is 23.7 Å². The summed E-state index contributed by atoms with van der Waals surface area (Å²) in [6, 6.07) is 0. The quantitative estimate of drug-likeness (QED) is 0.639. The normalized spacial score (nSPS) is 15.8. The summed E-state index contributed by atoms with van der Waals surface area (Å²) in [5.74, 6) is 2.37. The topological polar surface area (TPSA) is 52.0 Å². The van der Waals surface area contributed by atoms with Gasteiger partial charge in [0.2, 0.25) is 0 Å². The molecule has 0 radical (unpaired) electrons. The molecule has 0 aromatic rings. The molecule has 0 bridgehead atoms. The summed E-state index contributed by atoms with van der Waals surface area (Å²) in [4.78, 5) is 0. The maximum atomic E-state index is 6.79. The van der Waals surface area contributed by atoms with Gasteiger partial charge in [0.05, 0.1) is 5.66 Å². The molecule has 2 heteroatoms. The minimum Gasteiger partial charge on any atom is -0.313 e. The summed E-state index contributed by atoms with van der Waals surface area (Å²) < 4.78 is 0. The van der Waals surface area contributed by atoms with Crippen LogP contribution in [0.25, 0.3) is 0 Å². The third kappa shape index (κ3) is 3.22. The van der Waals surface area contributed by atoms with Gasteiger partial charge < -0.3 is 11.5 Å². The van der Waals surface area contributed by atoms with Crippen molar-refractivity contribution >= 4 is 0 Å². The molecule has 4 N–H and O–H groups in total. The Balaban J connectivity index is 6.15. The highest BCUT2D eigenvalue weighted by molar-refractivity contribution is 5.07. The van der Waals surface area contributed by atoms with Crippen LogP contribution in [0.1, 0.15) is 75.2 Å². The lowest BCUT2D eigenvalue weighted by molar-refractivity contribution is -0.0903. The van der Waals surface area contributed by atoms with Crippen molar-refractivity contribution in [2.24, 2.45) is 46.5 Å². The molecule has 0 aromatic carbocycles. The number of nitrogens with two attached hydrogens (primary N) is 2. The highest BCUT2D eigenvalue weighted by Crippen LogP contribution is 2.54. The van der Waals surface area contributed by atoms with E-state index in [1.807, 2.05) is 0 Å². The van der Waals surface area contributed by atoms with E-state index in [0.717, 1.165) is 0 Å². The van der Waals surface area contributed by atoms with Gasteiger partial charge in [-0.2, -0.15) is 0 Å². The predicted molar refractivity (Wildman–Crippen MR) is 91.3 cm³/mol. The average molecular weight is 285 g/mol. The van der Waals surface area contributed by atoms with E-state index in [1.54, 1.807) is 0 Å². The van der Waals surface area contributed by atoms with Crippen molar-refractivity contribution < 1.29 is 0 Å². The molecule has 0 saturated carbocycles. The van der Waals surface area contributed by atoms with Crippen molar-refractivity contribution in [3.63, 3.8) is 0 Å². The SMILES string of the molecule is CCCC(C(C)C)C(C(C)C)(C(C)C)C(N)(N)C(C)C. The summed E-state index contributed by atoms with van der Waals surface area (Å²) in [6.07, 6.45) is 2.40. The molecule has 0 aliphatic rings. The third-order valence-electron chi connectivity index (χ3n) is 5.63. The largest absolute Gasteiger partial charge is 0.313 e. The Morgan fingerprint density at radius 3 is 1.35 bits per heavy atom. The van der Waals surface area contributed by atoms with Gasteiger partial charge in [-0.1, -0.05) is 68.7 Å². The van der Waals surface area contributed by atoms with Crippen molar-refractivity contribution in [3.05, 3.63) is 0 Å². The number of rotatable bonds is 8. The molecule has 0 rings (SSSR count). The van der Waals surface area contributed by atoms with Crippen LogP contribution in [0, 0.1) is 35.0 Å². The summed E-state index contributed by atoms with van der Waals surface area (Å²) in [5.41, 5.74) is 12.9.